The largest absolute Gasteiger partial charge is 0.479 e. The Labute approximate surface area is 103 Å². The molecule has 5 heteroatoms. The zero-order valence-electron chi connectivity index (χ0n) is 7.29. The fraction of sp³-hybridized carbons (Fsp3) is 0.222. The van der Waals surface area contributed by atoms with Crippen LogP contribution in [0.5, 0.6) is 0 Å². The van der Waals surface area contributed by atoms with Crippen molar-refractivity contribution in [3.05, 3.63) is 31.3 Å². The molecule has 0 amide bonds. The van der Waals surface area contributed by atoms with E-state index in [1.54, 1.807) is 12.1 Å². The van der Waals surface area contributed by atoms with Crippen molar-refractivity contribution < 1.29 is 15.0 Å². The first-order valence-electron chi connectivity index (χ1n) is 3.80. The van der Waals surface area contributed by atoms with Crippen LogP contribution in [-0.2, 0) is 4.79 Å². The number of carboxylic acid groups (broad SMARTS) is 1. The maximum atomic E-state index is 10.6. The fourth-order valence-electron chi connectivity index (χ4n) is 1.02. The molecule has 0 aliphatic carbocycles. The minimum Gasteiger partial charge on any atom is -0.479 e. The Hall–Kier alpha value is -0.140. The number of aliphatic hydroxyl groups excluding tert-OH is 1. The summed E-state index contributed by atoms with van der Waals surface area (Å²) in [7, 11) is 0. The molecule has 0 spiro atoms. The molecule has 0 saturated carbocycles. The Morgan fingerprint density at radius 2 is 2.14 bits per heavy atom. The van der Waals surface area contributed by atoms with Crippen LogP contribution in [-0.4, -0.2) is 16.2 Å². The number of hydrogen-bond acceptors (Lipinski definition) is 2. The lowest BCUT2D eigenvalue weighted by Gasteiger charge is -2.10. The van der Waals surface area contributed by atoms with Gasteiger partial charge in [-0.25, -0.2) is 4.79 Å². The quantitative estimate of drug-likeness (QED) is 0.786. The van der Waals surface area contributed by atoms with Crippen molar-refractivity contribution in [2.45, 2.75) is 13.0 Å². The van der Waals surface area contributed by atoms with Gasteiger partial charge < -0.3 is 10.2 Å². The summed E-state index contributed by atoms with van der Waals surface area (Å²) < 4.78 is 1.64. The van der Waals surface area contributed by atoms with E-state index >= 15 is 0 Å². The van der Waals surface area contributed by atoms with Gasteiger partial charge >= 0.3 is 5.97 Å². The molecule has 0 bridgehead atoms. The maximum absolute atomic E-state index is 10.6. The van der Waals surface area contributed by atoms with Crippen LogP contribution in [0.15, 0.2) is 16.6 Å². The summed E-state index contributed by atoms with van der Waals surface area (Å²) in [5, 5.41) is 18.0. The normalized spacial score (nSPS) is 12.6. The molecule has 0 fully saturated rings. The monoisotopic (exact) mass is 370 g/mol. The van der Waals surface area contributed by atoms with Crippen LogP contribution in [0, 0.1) is 10.5 Å². The van der Waals surface area contributed by atoms with Crippen LogP contribution in [0.25, 0.3) is 0 Å². The number of benzene rings is 1. The summed E-state index contributed by atoms with van der Waals surface area (Å²) in [6, 6.07) is 3.46. The number of hydrogen-bond donors (Lipinski definition) is 2. The number of carboxylic acids is 1. The second kappa shape index (κ2) is 4.59. The maximum Gasteiger partial charge on any atom is 0.337 e. The number of carbonyl (C=O) groups is 1. The van der Waals surface area contributed by atoms with E-state index < -0.39 is 12.1 Å². The predicted molar refractivity (Wildman–Crippen MR) is 64.2 cm³/mol. The van der Waals surface area contributed by atoms with Gasteiger partial charge in [0.15, 0.2) is 6.10 Å². The van der Waals surface area contributed by atoms with Gasteiger partial charge in [-0.15, -0.1) is 0 Å². The SMILES string of the molecule is Cc1cc(C(O)C(=O)O)c(Br)cc1I. The highest BCUT2D eigenvalue weighted by Gasteiger charge is 2.19. The van der Waals surface area contributed by atoms with Gasteiger partial charge in [0, 0.05) is 13.6 Å². The second-order valence-electron chi connectivity index (χ2n) is 2.86. The molecule has 1 atom stereocenters. The van der Waals surface area contributed by atoms with Crippen LogP contribution < -0.4 is 0 Å². The molecular formula is C9H8BrIO3. The molecule has 0 aliphatic rings. The Bertz CT molecular complexity index is 379. The van der Waals surface area contributed by atoms with Crippen LogP contribution in [0.3, 0.4) is 0 Å². The zero-order valence-corrected chi connectivity index (χ0v) is 11.0. The van der Waals surface area contributed by atoms with E-state index in [0.717, 1.165) is 9.13 Å². The minimum atomic E-state index is -1.47. The molecule has 3 nitrogen and oxygen atoms in total. The lowest BCUT2D eigenvalue weighted by Crippen LogP contribution is -2.11. The Kier molecular flexibility index (Phi) is 3.91. The summed E-state index contributed by atoms with van der Waals surface area (Å²) >= 11 is 5.37. The van der Waals surface area contributed by atoms with Crippen LogP contribution in [0.1, 0.15) is 17.2 Å². The molecule has 76 valence electrons. The van der Waals surface area contributed by atoms with E-state index in [9.17, 15) is 9.90 Å². The first-order chi connectivity index (χ1) is 6.43. The predicted octanol–water partition coefficient (Wildman–Crippen LogP) is 2.48. The van der Waals surface area contributed by atoms with Gasteiger partial charge in [0.1, 0.15) is 0 Å². The zero-order chi connectivity index (χ0) is 10.9. The molecule has 0 radical (unpaired) electrons. The van der Waals surface area contributed by atoms with Crippen molar-refractivity contribution in [2.24, 2.45) is 0 Å². The minimum absolute atomic E-state index is 0.385. The van der Waals surface area contributed by atoms with Gasteiger partial charge in [-0.1, -0.05) is 22.0 Å². The van der Waals surface area contributed by atoms with Crippen molar-refractivity contribution in [3.63, 3.8) is 0 Å². The first kappa shape index (κ1) is 11.9. The van der Waals surface area contributed by atoms with Crippen LogP contribution in [0.4, 0.5) is 0 Å². The summed E-state index contributed by atoms with van der Waals surface area (Å²) in [5.74, 6) is -1.24. The molecule has 0 aromatic heterocycles. The summed E-state index contributed by atoms with van der Waals surface area (Å²) in [6.45, 7) is 1.87. The van der Waals surface area contributed by atoms with Crippen LogP contribution >= 0.6 is 38.5 Å². The summed E-state index contributed by atoms with van der Waals surface area (Å²) in [5.41, 5.74) is 1.33. The Morgan fingerprint density at radius 3 is 2.64 bits per heavy atom. The molecule has 1 aromatic rings. The summed E-state index contributed by atoms with van der Waals surface area (Å²) in [6.07, 6.45) is -1.47. The van der Waals surface area contributed by atoms with Gasteiger partial charge in [0.2, 0.25) is 0 Å². The van der Waals surface area contributed by atoms with E-state index in [-0.39, 0.29) is 0 Å². The van der Waals surface area contributed by atoms with Crippen molar-refractivity contribution in [2.75, 3.05) is 0 Å². The standard InChI is InChI=1S/C9H8BrIO3/c1-4-2-5(8(12)9(13)14)6(10)3-7(4)11/h2-3,8,12H,1H3,(H,13,14). The second-order valence-corrected chi connectivity index (χ2v) is 4.88. The van der Waals surface area contributed by atoms with E-state index in [4.69, 9.17) is 5.11 Å². The third kappa shape index (κ3) is 2.46. The van der Waals surface area contributed by atoms with Crippen LogP contribution in [0.2, 0.25) is 0 Å². The number of aryl methyl sites for hydroxylation is 1. The van der Waals surface area contributed by atoms with Gasteiger partial charge in [-0.05, 0) is 41.1 Å². The molecule has 0 heterocycles. The van der Waals surface area contributed by atoms with Crippen molar-refractivity contribution in [1.82, 2.24) is 0 Å². The molecule has 0 saturated heterocycles. The number of aliphatic hydroxyl groups is 1. The van der Waals surface area contributed by atoms with Gasteiger partial charge in [0.25, 0.3) is 0 Å². The molecule has 0 aliphatic heterocycles. The fourth-order valence-corrected chi connectivity index (χ4v) is 2.48. The van der Waals surface area contributed by atoms with E-state index in [2.05, 4.69) is 38.5 Å². The van der Waals surface area contributed by atoms with Gasteiger partial charge in [0.05, 0.1) is 0 Å². The molecule has 1 unspecified atom stereocenters. The van der Waals surface area contributed by atoms with E-state index in [0.29, 0.717) is 10.0 Å². The molecule has 1 rings (SSSR count). The van der Waals surface area contributed by atoms with Crippen molar-refractivity contribution in [1.29, 1.82) is 0 Å². The lowest BCUT2D eigenvalue weighted by atomic mass is 10.1. The van der Waals surface area contributed by atoms with Gasteiger partial charge in [-0.2, -0.15) is 0 Å². The van der Waals surface area contributed by atoms with Crippen molar-refractivity contribution in [3.8, 4) is 0 Å². The third-order valence-corrected chi connectivity index (χ3v) is 3.66. The smallest absolute Gasteiger partial charge is 0.337 e. The highest BCUT2D eigenvalue weighted by Crippen LogP contribution is 2.27. The lowest BCUT2D eigenvalue weighted by molar-refractivity contribution is -0.147. The van der Waals surface area contributed by atoms with Crippen molar-refractivity contribution >= 4 is 44.5 Å². The topological polar surface area (TPSA) is 57.5 Å². The average Bonchev–Trinajstić information content (AvgIpc) is 2.10. The first-order valence-corrected chi connectivity index (χ1v) is 5.67. The van der Waals surface area contributed by atoms with E-state index in [1.165, 1.54) is 0 Å². The van der Waals surface area contributed by atoms with E-state index in [1.807, 2.05) is 6.92 Å². The Balaban J connectivity index is 3.22. The number of halogens is 2. The molecule has 1 aromatic carbocycles. The average molecular weight is 371 g/mol. The molecular weight excluding hydrogens is 363 g/mol. The third-order valence-electron chi connectivity index (χ3n) is 1.81. The number of aliphatic carboxylic acids is 1. The number of rotatable bonds is 2. The molecule has 2 N–H and O–H groups in total. The molecule has 14 heavy (non-hydrogen) atoms. The Morgan fingerprint density at radius 1 is 1.57 bits per heavy atom. The van der Waals surface area contributed by atoms with Gasteiger partial charge in [-0.3, -0.25) is 0 Å². The summed E-state index contributed by atoms with van der Waals surface area (Å²) in [4.78, 5) is 10.6. The highest BCUT2D eigenvalue weighted by atomic mass is 127. The highest BCUT2D eigenvalue weighted by molar-refractivity contribution is 14.1.